The van der Waals surface area contributed by atoms with Gasteiger partial charge in [-0.3, -0.25) is 0 Å². The Labute approximate surface area is 79.7 Å². The van der Waals surface area contributed by atoms with Crippen LogP contribution in [0, 0.1) is 11.8 Å². The van der Waals surface area contributed by atoms with Crippen LogP contribution in [-0.2, 0) is 0 Å². The zero-order chi connectivity index (χ0) is 9.26. The van der Waals surface area contributed by atoms with E-state index in [1.807, 2.05) is 0 Å². The van der Waals surface area contributed by atoms with Crippen LogP contribution in [0.1, 0.15) is 25.7 Å². The molecule has 3 nitrogen and oxygen atoms in total. The zero-order valence-electron chi connectivity index (χ0n) is 8.08. The third kappa shape index (κ3) is 1.87. The highest BCUT2D eigenvalue weighted by Crippen LogP contribution is 2.34. The molecule has 2 aliphatic heterocycles. The summed E-state index contributed by atoms with van der Waals surface area (Å²) in [5.41, 5.74) is 5.65. The topological polar surface area (TPSA) is 58.3 Å². The van der Waals surface area contributed by atoms with Gasteiger partial charge in [0.25, 0.3) is 0 Å². The normalized spacial score (nSPS) is 40.6. The third-order valence-electron chi connectivity index (χ3n) is 3.71. The van der Waals surface area contributed by atoms with Crippen molar-refractivity contribution in [1.82, 2.24) is 5.32 Å². The van der Waals surface area contributed by atoms with Crippen LogP contribution >= 0.6 is 0 Å². The van der Waals surface area contributed by atoms with Gasteiger partial charge < -0.3 is 16.2 Å². The molecular weight excluding hydrogens is 164 g/mol. The van der Waals surface area contributed by atoms with Gasteiger partial charge in [0.15, 0.2) is 0 Å². The number of aliphatic hydroxyl groups is 1. The number of rotatable bonds is 3. The second-order valence-corrected chi connectivity index (χ2v) is 4.55. The number of nitrogens with two attached hydrogens (primary N) is 1. The van der Waals surface area contributed by atoms with Crippen LogP contribution in [0.2, 0.25) is 0 Å². The maximum absolute atomic E-state index is 9.17. The molecule has 2 saturated heterocycles. The van der Waals surface area contributed by atoms with E-state index < -0.39 is 0 Å². The Morgan fingerprint density at radius 2 is 1.92 bits per heavy atom. The summed E-state index contributed by atoms with van der Waals surface area (Å²) in [5, 5.41) is 12.8. The molecule has 2 rings (SSSR count). The molecule has 0 aliphatic carbocycles. The van der Waals surface area contributed by atoms with E-state index in [4.69, 9.17) is 5.73 Å². The summed E-state index contributed by atoms with van der Waals surface area (Å²) in [6.07, 6.45) is 5.09. The Morgan fingerprint density at radius 1 is 1.31 bits per heavy atom. The minimum Gasteiger partial charge on any atom is -0.396 e. The minimum atomic E-state index is 0.264. The van der Waals surface area contributed by atoms with Gasteiger partial charge in [0.1, 0.15) is 0 Å². The van der Waals surface area contributed by atoms with E-state index in [-0.39, 0.29) is 6.61 Å². The lowest BCUT2D eigenvalue weighted by molar-refractivity contribution is 0.141. The highest BCUT2D eigenvalue weighted by molar-refractivity contribution is 4.93. The van der Waals surface area contributed by atoms with Crippen LogP contribution < -0.4 is 11.1 Å². The van der Waals surface area contributed by atoms with E-state index in [2.05, 4.69) is 5.32 Å². The fraction of sp³-hybridized carbons (Fsp3) is 1.00. The standard InChI is InChI=1S/C10H20N2O/c11-5-8(6-13)7-3-9-1-2-10(4-7)12-9/h7-10,12-13H,1-6,11H2. The summed E-state index contributed by atoms with van der Waals surface area (Å²) in [6.45, 7) is 0.904. The molecule has 0 spiro atoms. The summed E-state index contributed by atoms with van der Waals surface area (Å²) < 4.78 is 0. The molecule has 4 N–H and O–H groups in total. The van der Waals surface area contributed by atoms with Gasteiger partial charge >= 0.3 is 0 Å². The number of hydrogen-bond donors (Lipinski definition) is 3. The van der Waals surface area contributed by atoms with Gasteiger partial charge in [-0.2, -0.15) is 0 Å². The quantitative estimate of drug-likeness (QED) is 0.582. The summed E-state index contributed by atoms with van der Waals surface area (Å²) in [6, 6.07) is 1.42. The minimum absolute atomic E-state index is 0.264. The van der Waals surface area contributed by atoms with Crippen LogP contribution in [0.3, 0.4) is 0 Å². The monoisotopic (exact) mass is 184 g/mol. The van der Waals surface area contributed by atoms with Gasteiger partial charge in [0, 0.05) is 18.7 Å². The molecule has 13 heavy (non-hydrogen) atoms. The van der Waals surface area contributed by atoms with Gasteiger partial charge in [-0.25, -0.2) is 0 Å². The van der Waals surface area contributed by atoms with Gasteiger partial charge in [-0.15, -0.1) is 0 Å². The van der Waals surface area contributed by atoms with E-state index in [0.717, 1.165) is 0 Å². The first-order valence-corrected chi connectivity index (χ1v) is 5.40. The van der Waals surface area contributed by atoms with Crippen molar-refractivity contribution in [3.05, 3.63) is 0 Å². The van der Waals surface area contributed by atoms with E-state index >= 15 is 0 Å². The number of hydrogen-bond acceptors (Lipinski definition) is 3. The van der Waals surface area contributed by atoms with E-state index in [9.17, 15) is 5.11 Å². The van der Waals surface area contributed by atoms with Crippen molar-refractivity contribution >= 4 is 0 Å². The van der Waals surface area contributed by atoms with Gasteiger partial charge in [-0.1, -0.05) is 0 Å². The average Bonchev–Trinajstić information content (AvgIpc) is 2.48. The van der Waals surface area contributed by atoms with Crippen LogP contribution in [0.4, 0.5) is 0 Å². The molecule has 2 fully saturated rings. The van der Waals surface area contributed by atoms with Crippen molar-refractivity contribution in [3.63, 3.8) is 0 Å². The van der Waals surface area contributed by atoms with Gasteiger partial charge in [-0.05, 0) is 44.1 Å². The Morgan fingerprint density at radius 3 is 2.38 bits per heavy atom. The highest BCUT2D eigenvalue weighted by atomic mass is 16.3. The van der Waals surface area contributed by atoms with Crippen molar-refractivity contribution < 1.29 is 5.11 Å². The number of nitrogens with one attached hydrogen (secondary N) is 1. The van der Waals surface area contributed by atoms with E-state index in [1.54, 1.807) is 0 Å². The average molecular weight is 184 g/mol. The highest BCUT2D eigenvalue weighted by Gasteiger charge is 2.36. The maximum atomic E-state index is 9.17. The third-order valence-corrected chi connectivity index (χ3v) is 3.71. The Kier molecular flexibility index (Phi) is 2.86. The summed E-state index contributed by atoms with van der Waals surface area (Å²) in [7, 11) is 0. The number of aliphatic hydroxyl groups excluding tert-OH is 1. The smallest absolute Gasteiger partial charge is 0.0474 e. The van der Waals surface area contributed by atoms with Crippen molar-refractivity contribution in [2.75, 3.05) is 13.2 Å². The molecule has 3 heteroatoms. The molecule has 0 amide bonds. The molecule has 0 radical (unpaired) electrons. The fourth-order valence-electron chi connectivity index (χ4n) is 2.90. The van der Waals surface area contributed by atoms with E-state index in [1.165, 1.54) is 25.7 Å². The van der Waals surface area contributed by atoms with Crippen molar-refractivity contribution in [2.45, 2.75) is 37.8 Å². The molecule has 0 aromatic rings. The maximum Gasteiger partial charge on any atom is 0.0474 e. The second-order valence-electron chi connectivity index (χ2n) is 4.55. The van der Waals surface area contributed by atoms with Crippen LogP contribution in [0.5, 0.6) is 0 Å². The van der Waals surface area contributed by atoms with E-state index in [0.29, 0.717) is 30.5 Å². The SMILES string of the molecule is NCC(CO)C1CC2CCC(C1)N2. The molecule has 3 atom stereocenters. The van der Waals surface area contributed by atoms with Gasteiger partial charge in [0.2, 0.25) is 0 Å². The Hall–Kier alpha value is -0.120. The molecule has 0 aromatic carbocycles. The Bertz CT molecular complexity index is 158. The lowest BCUT2D eigenvalue weighted by atomic mass is 9.82. The first-order chi connectivity index (χ1) is 6.33. The molecule has 0 saturated carbocycles. The lowest BCUT2D eigenvalue weighted by Gasteiger charge is -2.33. The number of fused-ring (bicyclic) bond motifs is 2. The molecule has 2 aliphatic rings. The van der Waals surface area contributed by atoms with Crippen molar-refractivity contribution in [2.24, 2.45) is 17.6 Å². The van der Waals surface area contributed by atoms with Crippen molar-refractivity contribution in [3.8, 4) is 0 Å². The summed E-state index contributed by atoms with van der Waals surface area (Å²) >= 11 is 0. The molecule has 3 unspecified atom stereocenters. The van der Waals surface area contributed by atoms with Crippen molar-refractivity contribution in [1.29, 1.82) is 0 Å². The van der Waals surface area contributed by atoms with Crippen LogP contribution in [0.15, 0.2) is 0 Å². The molecule has 76 valence electrons. The fourth-order valence-corrected chi connectivity index (χ4v) is 2.90. The molecular formula is C10H20N2O. The summed E-state index contributed by atoms with van der Waals surface area (Å²) in [4.78, 5) is 0. The number of piperidine rings is 1. The first-order valence-electron chi connectivity index (χ1n) is 5.40. The largest absolute Gasteiger partial charge is 0.396 e. The molecule has 2 heterocycles. The van der Waals surface area contributed by atoms with Crippen LogP contribution in [-0.4, -0.2) is 30.3 Å². The molecule has 0 aromatic heterocycles. The van der Waals surface area contributed by atoms with Crippen LogP contribution in [0.25, 0.3) is 0 Å². The van der Waals surface area contributed by atoms with Gasteiger partial charge in [0.05, 0.1) is 0 Å². The predicted molar refractivity (Wildman–Crippen MR) is 52.3 cm³/mol. The first kappa shape index (κ1) is 9.44. The Balaban J connectivity index is 1.93. The zero-order valence-corrected chi connectivity index (χ0v) is 8.08. The second kappa shape index (κ2) is 3.95. The lowest BCUT2D eigenvalue weighted by Crippen LogP contribution is -2.42. The summed E-state index contributed by atoms with van der Waals surface area (Å²) in [5.74, 6) is 0.999. The molecule has 2 bridgehead atoms. The predicted octanol–water partition coefficient (Wildman–Crippen LogP) is 0.0842.